The van der Waals surface area contributed by atoms with Gasteiger partial charge < -0.3 is 0 Å². The van der Waals surface area contributed by atoms with Gasteiger partial charge in [-0.05, 0) is 12.0 Å². The van der Waals surface area contributed by atoms with E-state index in [4.69, 9.17) is 23.2 Å². The highest BCUT2D eigenvalue weighted by atomic mass is 35.5. The summed E-state index contributed by atoms with van der Waals surface area (Å²) in [5.74, 6) is 1.02. The molecule has 0 fully saturated rings. The summed E-state index contributed by atoms with van der Waals surface area (Å²) in [6, 6.07) is 10.2. The van der Waals surface area contributed by atoms with Crippen molar-refractivity contribution < 1.29 is 0 Å². The Morgan fingerprint density at radius 2 is 1.82 bits per heavy atom. The second-order valence-corrected chi connectivity index (χ2v) is 5.56. The van der Waals surface area contributed by atoms with Gasteiger partial charge in [-0.1, -0.05) is 30.3 Å². The molecule has 0 aliphatic heterocycles. The number of benzene rings is 1. The fraction of sp³-hybridized carbons (Fsp3) is 0.308. The monoisotopic (exact) mass is 285 g/mol. The third-order valence-corrected chi connectivity index (χ3v) is 4.70. The van der Waals surface area contributed by atoms with E-state index in [0.29, 0.717) is 11.8 Å². The van der Waals surface area contributed by atoms with E-state index < -0.39 is 0 Å². The van der Waals surface area contributed by atoms with Crippen LogP contribution in [0.15, 0.2) is 42.0 Å². The van der Waals surface area contributed by atoms with Gasteiger partial charge in [-0.25, -0.2) is 0 Å². The number of alkyl halides is 2. The molecule has 2 rings (SSSR count). The Bertz CT molecular complexity index is 438. The molecule has 0 amide bonds. The summed E-state index contributed by atoms with van der Waals surface area (Å²) >= 11 is 14.0. The van der Waals surface area contributed by atoms with Crippen molar-refractivity contribution in [3.63, 3.8) is 0 Å². The largest absolute Gasteiger partial charge is 0.253 e. The molecule has 4 heteroatoms. The molecule has 1 heterocycles. The van der Waals surface area contributed by atoms with Gasteiger partial charge in [-0.2, -0.15) is 0 Å². The summed E-state index contributed by atoms with van der Waals surface area (Å²) in [6.07, 6.45) is 2.73. The van der Waals surface area contributed by atoms with Crippen molar-refractivity contribution in [1.29, 1.82) is 0 Å². The first kappa shape index (κ1) is 12.9. The van der Waals surface area contributed by atoms with E-state index in [1.54, 1.807) is 11.3 Å². The summed E-state index contributed by atoms with van der Waals surface area (Å²) in [6.45, 7) is 0. The maximum Gasteiger partial charge on any atom is 0.0794 e. The van der Waals surface area contributed by atoms with Gasteiger partial charge in [0.25, 0.3) is 0 Å². The van der Waals surface area contributed by atoms with Crippen LogP contribution in [0.3, 0.4) is 0 Å². The van der Waals surface area contributed by atoms with Crippen LogP contribution in [0.25, 0.3) is 0 Å². The van der Waals surface area contributed by atoms with Gasteiger partial charge in [0, 0.05) is 28.2 Å². The molecule has 17 heavy (non-hydrogen) atoms. The zero-order chi connectivity index (χ0) is 12.1. The molecule has 1 aromatic carbocycles. The molecule has 1 nitrogen and oxygen atoms in total. The molecule has 0 unspecified atom stereocenters. The maximum atomic E-state index is 6.18. The molecule has 1 aromatic heterocycles. The zero-order valence-corrected chi connectivity index (χ0v) is 11.6. The molecule has 0 bridgehead atoms. The number of halogens is 2. The van der Waals surface area contributed by atoms with Crippen LogP contribution in [0.5, 0.6) is 0 Å². The van der Waals surface area contributed by atoms with E-state index in [9.17, 15) is 0 Å². The number of hydrogen-bond donors (Lipinski definition) is 0. The highest BCUT2D eigenvalue weighted by molar-refractivity contribution is 7.09. The molecule has 0 spiro atoms. The lowest BCUT2D eigenvalue weighted by molar-refractivity contribution is 0.540. The third-order valence-electron chi connectivity index (χ3n) is 2.89. The van der Waals surface area contributed by atoms with Crippen molar-refractivity contribution in [2.45, 2.75) is 11.8 Å². The summed E-state index contributed by atoms with van der Waals surface area (Å²) in [7, 11) is 0. The number of aromatic nitrogens is 1. The third kappa shape index (κ3) is 2.82. The van der Waals surface area contributed by atoms with Gasteiger partial charge in [0.2, 0.25) is 0 Å². The van der Waals surface area contributed by atoms with Crippen LogP contribution in [-0.4, -0.2) is 16.7 Å². The van der Waals surface area contributed by atoms with Crippen LogP contribution in [0.2, 0.25) is 0 Å². The van der Waals surface area contributed by atoms with E-state index in [0.717, 1.165) is 6.42 Å². The number of rotatable bonds is 5. The number of hydrogen-bond acceptors (Lipinski definition) is 2. The number of nitrogens with zero attached hydrogens (tertiary/aromatic N) is 1. The number of thiazole rings is 1. The average molecular weight is 286 g/mol. The highest BCUT2D eigenvalue weighted by Crippen LogP contribution is 2.32. The summed E-state index contributed by atoms with van der Waals surface area (Å²) < 4.78 is 0. The Balaban J connectivity index is 2.32. The Morgan fingerprint density at radius 1 is 1.12 bits per heavy atom. The van der Waals surface area contributed by atoms with Gasteiger partial charge in [0.15, 0.2) is 0 Å². The fourth-order valence-corrected chi connectivity index (χ4v) is 3.36. The van der Waals surface area contributed by atoms with E-state index >= 15 is 0 Å². The first-order valence-corrected chi connectivity index (χ1v) is 7.30. The molecule has 90 valence electrons. The van der Waals surface area contributed by atoms with E-state index in [1.165, 1.54) is 10.4 Å². The molecule has 0 saturated carbocycles. The molecular weight excluding hydrogens is 273 g/mol. The van der Waals surface area contributed by atoms with Crippen molar-refractivity contribution in [1.82, 2.24) is 4.98 Å². The van der Waals surface area contributed by atoms with Gasteiger partial charge in [-0.3, -0.25) is 4.98 Å². The smallest absolute Gasteiger partial charge is 0.0794 e. The predicted molar refractivity (Wildman–Crippen MR) is 75.4 cm³/mol. The molecule has 0 aliphatic carbocycles. The standard InChI is InChI=1S/C13H13Cl2NS/c14-8-13(9-15,6-12-7-16-10-17-12)11-4-2-1-3-5-11/h1-5,7,10H,6,8-9H2. The Kier molecular flexibility index (Phi) is 4.43. The van der Waals surface area contributed by atoms with Gasteiger partial charge >= 0.3 is 0 Å². The highest BCUT2D eigenvalue weighted by Gasteiger charge is 2.31. The van der Waals surface area contributed by atoms with Crippen LogP contribution in [0, 0.1) is 0 Å². The molecule has 0 aliphatic rings. The van der Waals surface area contributed by atoms with Gasteiger partial charge in [-0.15, -0.1) is 34.5 Å². The molecule has 0 N–H and O–H groups in total. The maximum absolute atomic E-state index is 6.18. The minimum absolute atomic E-state index is 0.198. The van der Waals surface area contributed by atoms with Gasteiger partial charge in [0.05, 0.1) is 5.51 Å². The first-order valence-electron chi connectivity index (χ1n) is 5.35. The topological polar surface area (TPSA) is 12.9 Å². The van der Waals surface area contributed by atoms with Crippen molar-refractivity contribution in [2.75, 3.05) is 11.8 Å². The fourth-order valence-electron chi connectivity index (χ4n) is 1.84. The summed E-state index contributed by atoms with van der Waals surface area (Å²) in [5.41, 5.74) is 2.84. The first-order chi connectivity index (χ1) is 8.30. The Hall–Kier alpha value is -0.570. The SMILES string of the molecule is ClCC(CCl)(Cc1cncs1)c1ccccc1. The van der Waals surface area contributed by atoms with E-state index in [2.05, 4.69) is 17.1 Å². The van der Waals surface area contributed by atoms with Crippen LogP contribution in [0.4, 0.5) is 0 Å². The Labute approximate surface area is 115 Å². The summed E-state index contributed by atoms with van der Waals surface area (Å²) in [5, 5.41) is 0. The average Bonchev–Trinajstić information content (AvgIpc) is 2.90. The minimum atomic E-state index is -0.198. The second kappa shape index (κ2) is 5.85. The molecule has 0 saturated heterocycles. The molecule has 2 aromatic rings. The van der Waals surface area contributed by atoms with Gasteiger partial charge in [0.1, 0.15) is 0 Å². The predicted octanol–water partition coefficient (Wildman–Crippen LogP) is 4.10. The zero-order valence-electron chi connectivity index (χ0n) is 9.27. The van der Waals surface area contributed by atoms with Crippen molar-refractivity contribution in [3.8, 4) is 0 Å². The normalized spacial score (nSPS) is 11.6. The lowest BCUT2D eigenvalue weighted by Gasteiger charge is -2.29. The molecular formula is C13H13Cl2NS. The van der Waals surface area contributed by atoms with Crippen molar-refractivity contribution in [3.05, 3.63) is 52.5 Å². The van der Waals surface area contributed by atoms with Crippen LogP contribution < -0.4 is 0 Å². The van der Waals surface area contributed by atoms with Crippen molar-refractivity contribution in [2.24, 2.45) is 0 Å². The van der Waals surface area contributed by atoms with Crippen LogP contribution >= 0.6 is 34.5 Å². The summed E-state index contributed by atoms with van der Waals surface area (Å²) in [4.78, 5) is 5.32. The second-order valence-electron chi connectivity index (χ2n) is 4.06. The molecule has 0 atom stereocenters. The lowest BCUT2D eigenvalue weighted by Crippen LogP contribution is -2.33. The lowest BCUT2D eigenvalue weighted by atomic mass is 9.81. The van der Waals surface area contributed by atoms with E-state index in [-0.39, 0.29) is 5.41 Å². The Morgan fingerprint density at radius 3 is 2.35 bits per heavy atom. The quantitative estimate of drug-likeness (QED) is 0.754. The van der Waals surface area contributed by atoms with Crippen LogP contribution in [-0.2, 0) is 11.8 Å². The molecule has 0 radical (unpaired) electrons. The van der Waals surface area contributed by atoms with Crippen molar-refractivity contribution >= 4 is 34.5 Å². The van der Waals surface area contributed by atoms with Crippen LogP contribution in [0.1, 0.15) is 10.4 Å². The minimum Gasteiger partial charge on any atom is -0.253 e. The van der Waals surface area contributed by atoms with E-state index in [1.807, 2.05) is 29.9 Å².